The highest BCUT2D eigenvalue weighted by molar-refractivity contribution is 5.84. The third-order valence-electron chi connectivity index (χ3n) is 4.21. The number of hydrogen-bond acceptors (Lipinski definition) is 3. The molecule has 1 heterocycles. The van der Waals surface area contributed by atoms with E-state index in [1.165, 1.54) is 0 Å². The molecule has 0 amide bonds. The molecule has 0 spiro atoms. The van der Waals surface area contributed by atoms with E-state index in [2.05, 4.69) is 0 Å². The fourth-order valence-corrected chi connectivity index (χ4v) is 2.86. The zero-order chi connectivity index (χ0) is 17.2. The molecule has 0 fully saturated rings. The van der Waals surface area contributed by atoms with Crippen LogP contribution in [0.2, 0.25) is 0 Å². The first-order chi connectivity index (χ1) is 12.2. The van der Waals surface area contributed by atoms with Crippen LogP contribution in [0.5, 0.6) is 5.75 Å². The summed E-state index contributed by atoms with van der Waals surface area (Å²) in [6, 6.07) is 24.6. The summed E-state index contributed by atoms with van der Waals surface area (Å²) >= 11 is 0. The molecule has 0 atom stereocenters. The average Bonchev–Trinajstić information content (AvgIpc) is 2.68. The summed E-state index contributed by atoms with van der Waals surface area (Å²) in [5.41, 5.74) is 3.42. The van der Waals surface area contributed by atoms with Crippen molar-refractivity contribution in [3.8, 4) is 28.2 Å². The molecule has 0 bridgehead atoms. The Morgan fingerprint density at radius 3 is 2.20 bits per heavy atom. The van der Waals surface area contributed by atoms with Crippen molar-refractivity contribution in [1.82, 2.24) is 0 Å². The molecule has 3 aromatic carbocycles. The molecule has 0 N–H and O–H groups in total. The SMILES string of the molecule is COc1ccc(-c2ccc3oc(-c4ccccc4)cc(=O)c3c2)cc1. The lowest BCUT2D eigenvalue weighted by Crippen LogP contribution is -2.00. The lowest BCUT2D eigenvalue weighted by molar-refractivity contribution is 0.415. The van der Waals surface area contributed by atoms with E-state index in [1.807, 2.05) is 72.8 Å². The van der Waals surface area contributed by atoms with E-state index in [1.54, 1.807) is 13.2 Å². The summed E-state index contributed by atoms with van der Waals surface area (Å²) in [5.74, 6) is 1.38. The molecule has 0 saturated heterocycles. The van der Waals surface area contributed by atoms with Crippen molar-refractivity contribution >= 4 is 11.0 Å². The van der Waals surface area contributed by atoms with Crippen molar-refractivity contribution in [3.05, 3.63) is 89.1 Å². The molecule has 25 heavy (non-hydrogen) atoms. The average molecular weight is 328 g/mol. The molecule has 0 aliphatic rings. The fourth-order valence-electron chi connectivity index (χ4n) is 2.86. The molecule has 4 aromatic rings. The highest BCUT2D eigenvalue weighted by Crippen LogP contribution is 2.27. The first-order valence-electron chi connectivity index (χ1n) is 8.02. The Labute approximate surface area is 145 Å². The standard InChI is InChI=1S/C22H16O3/c1-24-18-10-7-15(8-11-18)17-9-12-21-19(13-17)20(23)14-22(25-21)16-5-3-2-4-6-16/h2-14H,1H3. The molecule has 0 radical (unpaired) electrons. The van der Waals surface area contributed by atoms with Gasteiger partial charge in [-0.05, 0) is 35.4 Å². The molecule has 0 saturated carbocycles. The topological polar surface area (TPSA) is 39.4 Å². The van der Waals surface area contributed by atoms with Crippen LogP contribution in [0.25, 0.3) is 33.4 Å². The van der Waals surface area contributed by atoms with Crippen LogP contribution in [-0.2, 0) is 0 Å². The summed E-state index contributed by atoms with van der Waals surface area (Å²) in [4.78, 5) is 12.6. The molecule has 122 valence electrons. The van der Waals surface area contributed by atoms with Crippen LogP contribution >= 0.6 is 0 Å². The number of hydrogen-bond donors (Lipinski definition) is 0. The first-order valence-corrected chi connectivity index (χ1v) is 8.02. The minimum absolute atomic E-state index is 0.0459. The summed E-state index contributed by atoms with van der Waals surface area (Å²) in [7, 11) is 1.64. The van der Waals surface area contributed by atoms with Crippen LogP contribution in [0.1, 0.15) is 0 Å². The molecule has 0 aliphatic carbocycles. The third kappa shape index (κ3) is 2.92. The molecule has 0 unspecified atom stereocenters. The monoisotopic (exact) mass is 328 g/mol. The van der Waals surface area contributed by atoms with E-state index in [9.17, 15) is 4.79 Å². The lowest BCUT2D eigenvalue weighted by Gasteiger charge is -2.07. The van der Waals surface area contributed by atoms with E-state index in [-0.39, 0.29) is 5.43 Å². The Kier molecular flexibility index (Phi) is 3.82. The molecule has 1 aromatic heterocycles. The van der Waals surface area contributed by atoms with Gasteiger partial charge in [0.1, 0.15) is 17.1 Å². The summed E-state index contributed by atoms with van der Waals surface area (Å²) in [5, 5.41) is 0.577. The minimum Gasteiger partial charge on any atom is -0.497 e. The van der Waals surface area contributed by atoms with Crippen LogP contribution in [0.4, 0.5) is 0 Å². The second-order valence-electron chi connectivity index (χ2n) is 5.78. The van der Waals surface area contributed by atoms with Crippen molar-refractivity contribution in [1.29, 1.82) is 0 Å². The van der Waals surface area contributed by atoms with Crippen LogP contribution < -0.4 is 10.2 Å². The van der Waals surface area contributed by atoms with Crippen LogP contribution in [0.15, 0.2) is 88.1 Å². The van der Waals surface area contributed by atoms with E-state index >= 15 is 0 Å². The van der Waals surface area contributed by atoms with Gasteiger partial charge in [0.25, 0.3) is 0 Å². The molecule has 3 nitrogen and oxygen atoms in total. The van der Waals surface area contributed by atoms with Gasteiger partial charge in [0.05, 0.1) is 12.5 Å². The Balaban J connectivity index is 1.81. The second kappa shape index (κ2) is 6.29. The Hall–Kier alpha value is -3.33. The van der Waals surface area contributed by atoms with Crippen molar-refractivity contribution in [2.24, 2.45) is 0 Å². The minimum atomic E-state index is -0.0459. The summed E-state index contributed by atoms with van der Waals surface area (Å²) in [6.45, 7) is 0. The van der Waals surface area contributed by atoms with Gasteiger partial charge in [-0.3, -0.25) is 4.79 Å². The quantitative estimate of drug-likeness (QED) is 0.523. The molecular formula is C22H16O3. The van der Waals surface area contributed by atoms with Crippen LogP contribution in [0, 0.1) is 0 Å². The maximum Gasteiger partial charge on any atom is 0.193 e. The Morgan fingerprint density at radius 1 is 0.760 bits per heavy atom. The van der Waals surface area contributed by atoms with Gasteiger partial charge in [0, 0.05) is 11.6 Å². The number of methoxy groups -OCH3 is 1. The van der Waals surface area contributed by atoms with Gasteiger partial charge in [-0.25, -0.2) is 0 Å². The van der Waals surface area contributed by atoms with Gasteiger partial charge in [-0.15, -0.1) is 0 Å². The Morgan fingerprint density at radius 2 is 1.48 bits per heavy atom. The molecule has 0 aliphatic heterocycles. The summed E-state index contributed by atoms with van der Waals surface area (Å²) in [6.07, 6.45) is 0. The Bertz CT molecular complexity index is 1080. The second-order valence-corrected chi connectivity index (χ2v) is 5.78. The highest BCUT2D eigenvalue weighted by atomic mass is 16.5. The van der Waals surface area contributed by atoms with Crippen molar-refractivity contribution in [2.75, 3.05) is 7.11 Å². The molecule has 3 heteroatoms. The van der Waals surface area contributed by atoms with Crippen LogP contribution in [-0.4, -0.2) is 7.11 Å². The molecule has 4 rings (SSSR count). The smallest absolute Gasteiger partial charge is 0.193 e. The lowest BCUT2D eigenvalue weighted by atomic mass is 10.0. The van der Waals surface area contributed by atoms with Gasteiger partial charge >= 0.3 is 0 Å². The van der Waals surface area contributed by atoms with Crippen molar-refractivity contribution < 1.29 is 9.15 Å². The van der Waals surface area contributed by atoms with Gasteiger partial charge in [0.15, 0.2) is 5.43 Å². The normalized spacial score (nSPS) is 10.8. The zero-order valence-electron chi connectivity index (χ0n) is 13.7. The number of ether oxygens (including phenoxy) is 1. The van der Waals surface area contributed by atoms with E-state index in [0.29, 0.717) is 16.7 Å². The van der Waals surface area contributed by atoms with Gasteiger partial charge < -0.3 is 9.15 Å². The number of fused-ring (bicyclic) bond motifs is 1. The largest absolute Gasteiger partial charge is 0.497 e. The van der Waals surface area contributed by atoms with E-state index in [4.69, 9.17) is 9.15 Å². The highest BCUT2D eigenvalue weighted by Gasteiger charge is 2.08. The number of benzene rings is 3. The zero-order valence-corrected chi connectivity index (χ0v) is 13.7. The van der Waals surface area contributed by atoms with Gasteiger partial charge in [0.2, 0.25) is 0 Å². The third-order valence-corrected chi connectivity index (χ3v) is 4.21. The predicted molar refractivity (Wildman–Crippen MR) is 99.9 cm³/mol. The number of rotatable bonds is 3. The fraction of sp³-hybridized carbons (Fsp3) is 0.0455. The summed E-state index contributed by atoms with van der Waals surface area (Å²) < 4.78 is 11.1. The van der Waals surface area contributed by atoms with Gasteiger partial charge in [-0.1, -0.05) is 48.5 Å². The van der Waals surface area contributed by atoms with E-state index < -0.39 is 0 Å². The van der Waals surface area contributed by atoms with Crippen molar-refractivity contribution in [2.45, 2.75) is 0 Å². The predicted octanol–water partition coefficient (Wildman–Crippen LogP) is 5.14. The van der Waals surface area contributed by atoms with E-state index in [0.717, 1.165) is 22.4 Å². The first kappa shape index (κ1) is 15.2. The van der Waals surface area contributed by atoms with Gasteiger partial charge in [-0.2, -0.15) is 0 Å². The van der Waals surface area contributed by atoms with Crippen molar-refractivity contribution in [3.63, 3.8) is 0 Å². The van der Waals surface area contributed by atoms with Crippen LogP contribution in [0.3, 0.4) is 0 Å². The molecular weight excluding hydrogens is 312 g/mol. The maximum absolute atomic E-state index is 12.6. The maximum atomic E-state index is 12.6.